The zero-order valence-corrected chi connectivity index (χ0v) is 28.5. The van der Waals surface area contributed by atoms with Gasteiger partial charge in [0.2, 0.25) is 0 Å². The molecule has 2 atom stereocenters. The number of piperidine rings is 3. The van der Waals surface area contributed by atoms with Gasteiger partial charge in [0.15, 0.2) is 11.5 Å². The van der Waals surface area contributed by atoms with Crippen LogP contribution in [0.25, 0.3) is 0 Å². The molecule has 0 saturated carbocycles. The molecule has 3 aliphatic rings. The Labute approximate surface area is 293 Å². The van der Waals surface area contributed by atoms with Crippen LogP contribution in [0.15, 0.2) is 73.2 Å². The van der Waals surface area contributed by atoms with Crippen molar-refractivity contribution >= 4 is 41.1 Å². The Morgan fingerprint density at radius 1 is 0.959 bits per heavy atom. The van der Waals surface area contributed by atoms with Crippen molar-refractivity contribution in [3.63, 3.8) is 0 Å². The lowest BCUT2D eigenvalue weighted by Crippen LogP contribution is -2.53. The fourth-order valence-corrected chi connectivity index (χ4v) is 6.75. The van der Waals surface area contributed by atoms with E-state index >= 15 is 0 Å². The summed E-state index contributed by atoms with van der Waals surface area (Å²) in [6.07, 6.45) is 4.58. The van der Waals surface area contributed by atoms with Gasteiger partial charge in [-0.3, -0.25) is 14.8 Å². The lowest BCUT2D eigenvalue weighted by molar-refractivity contribution is -0.0311. The number of carbonyl (C=O) groups is 2. The van der Waals surface area contributed by atoms with Gasteiger partial charge in [-0.2, -0.15) is 0 Å². The Hall–Kier alpha value is -4.45. The second-order valence-corrected chi connectivity index (χ2v) is 12.8. The average molecular weight is 710 g/mol. The second kappa shape index (κ2) is 15.4. The summed E-state index contributed by atoms with van der Waals surface area (Å²) in [5.74, 6) is 0.440. The molecule has 2 aromatic heterocycles. The molecular formula is C36H35Cl2FN4O6. The quantitative estimate of drug-likeness (QED) is 0.148. The molecule has 3 aliphatic heterocycles. The zero-order chi connectivity index (χ0) is 34.5. The van der Waals surface area contributed by atoms with Crippen LogP contribution in [0, 0.1) is 11.7 Å². The van der Waals surface area contributed by atoms with Crippen molar-refractivity contribution in [3.8, 4) is 11.5 Å². The maximum absolute atomic E-state index is 13.7. The largest absolute Gasteiger partial charge is 0.493 e. The highest BCUT2D eigenvalue weighted by atomic mass is 35.5. The summed E-state index contributed by atoms with van der Waals surface area (Å²) in [7, 11) is 3.05. The number of amides is 1. The summed E-state index contributed by atoms with van der Waals surface area (Å²) in [4.78, 5) is 38.9. The zero-order valence-electron chi connectivity index (χ0n) is 27.0. The third-order valence-corrected chi connectivity index (χ3v) is 9.61. The fourth-order valence-electron chi connectivity index (χ4n) is 6.23. The van der Waals surface area contributed by atoms with E-state index in [2.05, 4.69) is 14.9 Å². The number of fused-ring (bicyclic) bond motifs is 3. The SMILES string of the molecule is COc1ccc([C@H](Cc2c(Cl)cncc2Cl)OC(=O)c2ccc(CN(C(=O)O[C@H]3CN4CCC3CC4)c3ccc(F)cn3)cc2)cc1OC. The number of nitrogens with zero attached hydrogens (tertiary/aromatic N) is 4. The van der Waals surface area contributed by atoms with E-state index in [0.717, 1.165) is 32.1 Å². The first-order chi connectivity index (χ1) is 23.7. The molecule has 0 aliphatic carbocycles. The highest BCUT2D eigenvalue weighted by Crippen LogP contribution is 2.36. The fraction of sp³-hybridized carbons (Fsp3) is 0.333. The smallest absolute Gasteiger partial charge is 0.416 e. The highest BCUT2D eigenvalue weighted by Gasteiger charge is 2.37. The van der Waals surface area contributed by atoms with Crippen molar-refractivity contribution in [3.05, 3.63) is 111 Å². The van der Waals surface area contributed by atoms with Gasteiger partial charge in [-0.05, 0) is 84.9 Å². The van der Waals surface area contributed by atoms with Crippen LogP contribution in [0.4, 0.5) is 15.0 Å². The standard InChI is InChI=1S/C36H35Cl2FN4O6/c1-46-30-9-7-25(15-32(30)47-2)31(16-27-28(37)18-40-19-29(27)38)48-35(44)24-5-3-22(4-6-24)20-43(34-10-8-26(39)17-41-34)36(45)49-33-21-42-13-11-23(33)12-14-42/h3-10,15,17-19,23,31,33H,11-14,16,20-21H2,1-2H3/t31-,33-/m0/s1. The van der Waals surface area contributed by atoms with E-state index in [1.165, 1.54) is 43.6 Å². The predicted molar refractivity (Wildman–Crippen MR) is 182 cm³/mol. The molecule has 256 valence electrons. The van der Waals surface area contributed by atoms with Crippen molar-refractivity contribution in [2.24, 2.45) is 5.92 Å². The Morgan fingerprint density at radius 3 is 2.29 bits per heavy atom. The summed E-state index contributed by atoms with van der Waals surface area (Å²) < 4.78 is 36.6. The number of hydrogen-bond donors (Lipinski definition) is 0. The van der Waals surface area contributed by atoms with Crippen LogP contribution < -0.4 is 14.4 Å². The van der Waals surface area contributed by atoms with Crippen LogP contribution in [-0.2, 0) is 22.4 Å². The molecule has 1 amide bonds. The van der Waals surface area contributed by atoms with Crippen molar-refractivity contribution < 1.29 is 32.9 Å². The Morgan fingerprint density at radius 2 is 1.67 bits per heavy atom. The summed E-state index contributed by atoms with van der Waals surface area (Å²) >= 11 is 12.9. The van der Waals surface area contributed by atoms with Gasteiger partial charge in [0.05, 0.1) is 42.6 Å². The summed E-state index contributed by atoms with van der Waals surface area (Å²) in [5.41, 5.74) is 2.18. The van der Waals surface area contributed by atoms with E-state index in [4.69, 9.17) is 42.1 Å². The van der Waals surface area contributed by atoms with Gasteiger partial charge in [-0.15, -0.1) is 0 Å². The number of benzene rings is 2. The molecule has 3 fully saturated rings. The lowest BCUT2D eigenvalue weighted by atomic mass is 9.86. The topological polar surface area (TPSA) is 103 Å². The van der Waals surface area contributed by atoms with Crippen LogP contribution in [0.1, 0.15) is 46.0 Å². The molecule has 2 bridgehead atoms. The minimum atomic E-state index is -0.800. The van der Waals surface area contributed by atoms with Crippen LogP contribution >= 0.6 is 23.2 Å². The number of anilines is 1. The minimum Gasteiger partial charge on any atom is -0.493 e. The third-order valence-electron chi connectivity index (χ3n) is 8.96. The molecule has 2 aromatic carbocycles. The predicted octanol–water partition coefficient (Wildman–Crippen LogP) is 7.32. The Balaban J connectivity index is 1.20. The van der Waals surface area contributed by atoms with Crippen molar-refractivity contribution in [1.82, 2.24) is 14.9 Å². The molecule has 0 spiro atoms. The van der Waals surface area contributed by atoms with Crippen LogP contribution in [0.5, 0.6) is 11.5 Å². The number of carbonyl (C=O) groups excluding carboxylic acids is 2. The van der Waals surface area contributed by atoms with Crippen molar-refractivity contribution in [1.29, 1.82) is 0 Å². The number of pyridine rings is 2. The van der Waals surface area contributed by atoms with Gasteiger partial charge in [0, 0.05) is 25.4 Å². The molecule has 0 N–H and O–H groups in total. The van der Waals surface area contributed by atoms with E-state index in [1.807, 2.05) is 0 Å². The first-order valence-corrected chi connectivity index (χ1v) is 16.6. The molecule has 4 aromatic rings. The number of rotatable bonds is 11. The van der Waals surface area contributed by atoms with Gasteiger partial charge in [0.1, 0.15) is 23.8 Å². The highest BCUT2D eigenvalue weighted by molar-refractivity contribution is 6.35. The Bertz CT molecular complexity index is 1770. The first kappa shape index (κ1) is 34.4. The molecule has 7 rings (SSSR count). The van der Waals surface area contributed by atoms with E-state index < -0.39 is 24.0 Å². The van der Waals surface area contributed by atoms with Crippen molar-refractivity contribution in [2.75, 3.05) is 38.8 Å². The number of methoxy groups -OCH3 is 2. The number of hydrogen-bond acceptors (Lipinski definition) is 9. The maximum Gasteiger partial charge on any atom is 0.416 e. The number of halogens is 3. The van der Waals surface area contributed by atoms with Crippen molar-refractivity contribution in [2.45, 2.75) is 38.0 Å². The van der Waals surface area contributed by atoms with Crippen LogP contribution in [-0.4, -0.2) is 66.9 Å². The second-order valence-electron chi connectivity index (χ2n) is 12.0. The number of aromatic nitrogens is 2. The lowest BCUT2D eigenvalue weighted by Gasteiger charge is -2.44. The molecule has 3 saturated heterocycles. The number of ether oxygens (including phenoxy) is 4. The van der Waals surface area contributed by atoms with Gasteiger partial charge < -0.3 is 18.9 Å². The molecule has 49 heavy (non-hydrogen) atoms. The Kier molecular flexibility index (Phi) is 10.8. The van der Waals surface area contributed by atoms with Gasteiger partial charge in [-0.1, -0.05) is 41.4 Å². The molecule has 0 unspecified atom stereocenters. The number of esters is 1. The summed E-state index contributed by atoms with van der Waals surface area (Å²) in [6, 6.07) is 14.6. The van der Waals surface area contributed by atoms with Gasteiger partial charge in [0.25, 0.3) is 0 Å². The minimum absolute atomic E-state index is 0.0845. The first-order valence-electron chi connectivity index (χ1n) is 15.8. The summed E-state index contributed by atoms with van der Waals surface area (Å²) in [5, 5.41) is 0.677. The van der Waals surface area contributed by atoms with Crippen LogP contribution in [0.2, 0.25) is 10.0 Å². The molecule has 13 heteroatoms. The van der Waals surface area contributed by atoms with Gasteiger partial charge in [-0.25, -0.2) is 19.0 Å². The maximum atomic E-state index is 13.7. The van der Waals surface area contributed by atoms with E-state index in [-0.39, 0.29) is 30.5 Å². The molecular weight excluding hydrogens is 674 g/mol. The van der Waals surface area contributed by atoms with E-state index in [9.17, 15) is 14.0 Å². The average Bonchev–Trinajstić information content (AvgIpc) is 3.12. The van der Waals surface area contributed by atoms with E-state index in [0.29, 0.717) is 50.7 Å². The molecule has 5 heterocycles. The third kappa shape index (κ3) is 8.07. The monoisotopic (exact) mass is 708 g/mol. The molecule has 10 nitrogen and oxygen atoms in total. The van der Waals surface area contributed by atoms with E-state index in [1.54, 1.807) is 42.5 Å². The normalized spacial score (nSPS) is 18.8. The van der Waals surface area contributed by atoms with Crippen LogP contribution in [0.3, 0.4) is 0 Å². The molecule has 0 radical (unpaired) electrons. The summed E-state index contributed by atoms with van der Waals surface area (Å²) in [6.45, 7) is 2.80. The van der Waals surface area contributed by atoms with Gasteiger partial charge >= 0.3 is 12.1 Å².